The van der Waals surface area contributed by atoms with Gasteiger partial charge < -0.3 is 35.3 Å². The summed E-state index contributed by atoms with van der Waals surface area (Å²) in [5, 5.41) is 24.3. The molecule has 0 aliphatic heterocycles. The minimum absolute atomic E-state index is 0.0284. The summed E-state index contributed by atoms with van der Waals surface area (Å²) in [5.74, 6) is -7.92. The molecule has 0 unspecified atom stereocenters. The lowest BCUT2D eigenvalue weighted by Gasteiger charge is -2.39. The predicted molar refractivity (Wildman–Crippen MR) is 213 cm³/mol. The van der Waals surface area contributed by atoms with Crippen molar-refractivity contribution < 1.29 is 56.9 Å². The molecule has 0 spiro atoms. The maximum absolute atomic E-state index is 14.9. The molecule has 5 N–H and O–H groups in total. The lowest BCUT2D eigenvalue weighted by Crippen LogP contribution is -2.61. The summed E-state index contributed by atoms with van der Waals surface area (Å²) in [6, 6.07) is 7.83. The summed E-state index contributed by atoms with van der Waals surface area (Å²) in [7, 11) is -3.84. The number of rotatable bonds is 22. The second-order valence-electron chi connectivity index (χ2n) is 16.6. The molecule has 2 aromatic rings. The number of amides is 2. The topological polar surface area (TPSA) is 248 Å². The first-order valence-corrected chi connectivity index (χ1v) is 21.5. The Labute approximate surface area is 340 Å². The van der Waals surface area contributed by atoms with Crippen LogP contribution in [0.5, 0.6) is 0 Å². The zero-order chi connectivity index (χ0) is 43.3. The van der Waals surface area contributed by atoms with Gasteiger partial charge in [0.2, 0.25) is 5.91 Å². The second kappa shape index (κ2) is 21.3. The van der Waals surface area contributed by atoms with E-state index in [1.165, 1.54) is 19.4 Å². The van der Waals surface area contributed by atoms with Gasteiger partial charge in [-0.2, -0.15) is 0 Å². The number of benzene rings is 1. The Morgan fingerprint density at radius 3 is 1.93 bits per heavy atom. The number of imidazole rings is 1. The van der Waals surface area contributed by atoms with Crippen LogP contribution in [0.3, 0.4) is 0 Å². The molecule has 0 saturated heterocycles. The van der Waals surface area contributed by atoms with Gasteiger partial charge in [0.05, 0.1) is 66.4 Å². The van der Waals surface area contributed by atoms with Crippen LogP contribution >= 0.6 is 0 Å². The Bertz CT molecular complexity index is 1800. The minimum atomic E-state index is -3.84. The summed E-state index contributed by atoms with van der Waals surface area (Å²) in [6.45, 7) is 9.47. The molecule has 1 aromatic carbocycles. The number of nitrogens with zero attached hydrogens (tertiary/aromatic N) is 1. The first-order valence-electron chi connectivity index (χ1n) is 19.8. The van der Waals surface area contributed by atoms with Gasteiger partial charge in [-0.05, 0) is 57.9 Å². The van der Waals surface area contributed by atoms with E-state index in [4.69, 9.17) is 9.47 Å². The van der Waals surface area contributed by atoms with Gasteiger partial charge in [-0.3, -0.25) is 28.8 Å². The van der Waals surface area contributed by atoms with Gasteiger partial charge in [-0.25, -0.2) is 13.4 Å². The molecule has 3 rings (SSSR count). The lowest BCUT2D eigenvalue weighted by molar-refractivity contribution is -0.176. The average molecular weight is 833 g/mol. The van der Waals surface area contributed by atoms with E-state index in [0.29, 0.717) is 5.56 Å². The number of nitrogens with one attached hydrogen (secondary N) is 3. The van der Waals surface area contributed by atoms with E-state index in [9.17, 15) is 47.4 Å². The molecule has 322 valence electrons. The number of hydrogen-bond acceptors (Lipinski definition) is 11. The molecule has 1 saturated carbocycles. The highest BCUT2D eigenvalue weighted by Gasteiger charge is 2.46. The Balaban J connectivity index is 2.11. The minimum Gasteiger partial charge on any atom is -0.481 e. The van der Waals surface area contributed by atoms with Crippen molar-refractivity contribution in [3.8, 4) is 0 Å². The summed E-state index contributed by atoms with van der Waals surface area (Å²) >= 11 is 0. The van der Waals surface area contributed by atoms with E-state index in [1.54, 1.807) is 65.0 Å². The number of esters is 2. The Morgan fingerprint density at radius 2 is 1.43 bits per heavy atom. The molecule has 0 radical (unpaired) electrons. The molecule has 1 aliphatic carbocycles. The highest BCUT2D eigenvalue weighted by atomic mass is 32.2. The van der Waals surface area contributed by atoms with Crippen molar-refractivity contribution in [2.45, 2.75) is 141 Å². The van der Waals surface area contributed by atoms with Crippen molar-refractivity contribution in [2.75, 3.05) is 5.75 Å². The molecule has 17 heteroatoms. The SMILES string of the molecule is CC(C)[C@H](OC(=O)CCC(=O)O)[C@H](OC(=O)CCC(=O)O)[C@H](CC1CCCCC1)NC(=O)[C@@](C)(NC(=O)[C@H](Cc1ccccc1)CS(=O)(=O)C(C)(C)C)c1cnc[nH]1. The number of H-pyrrole nitrogens is 1. The van der Waals surface area contributed by atoms with Crippen molar-refractivity contribution >= 4 is 45.5 Å². The van der Waals surface area contributed by atoms with E-state index in [0.717, 1.165) is 32.1 Å². The van der Waals surface area contributed by atoms with Crippen LogP contribution in [0.4, 0.5) is 0 Å². The van der Waals surface area contributed by atoms with E-state index < -0.39 is 117 Å². The normalized spacial score (nSPS) is 16.9. The van der Waals surface area contributed by atoms with Gasteiger partial charge in [0.1, 0.15) is 6.10 Å². The Morgan fingerprint density at radius 1 is 0.862 bits per heavy atom. The summed E-state index contributed by atoms with van der Waals surface area (Å²) < 4.78 is 37.6. The molecular weight excluding hydrogens is 773 g/mol. The number of aromatic amines is 1. The Kier molecular flexibility index (Phi) is 17.5. The van der Waals surface area contributed by atoms with Gasteiger partial charge in [0, 0.05) is 0 Å². The third-order valence-electron chi connectivity index (χ3n) is 10.5. The number of aromatic nitrogens is 2. The molecule has 58 heavy (non-hydrogen) atoms. The van der Waals surface area contributed by atoms with Gasteiger partial charge >= 0.3 is 23.9 Å². The first kappa shape index (κ1) is 47.6. The first-order chi connectivity index (χ1) is 27.1. The number of ether oxygens (including phenoxy) is 2. The van der Waals surface area contributed by atoms with Gasteiger partial charge in [0.15, 0.2) is 21.5 Å². The lowest BCUT2D eigenvalue weighted by atomic mass is 9.81. The molecule has 1 fully saturated rings. The quantitative estimate of drug-likeness (QED) is 0.103. The molecule has 1 aliphatic rings. The molecule has 16 nitrogen and oxygen atoms in total. The fourth-order valence-corrected chi connectivity index (χ4v) is 8.23. The fraction of sp³-hybridized carbons (Fsp3) is 0.634. The summed E-state index contributed by atoms with van der Waals surface area (Å²) in [5.41, 5.74) is -1.05. The molecular formula is C41H60N4O12S. The average Bonchev–Trinajstić information content (AvgIpc) is 3.70. The highest BCUT2D eigenvalue weighted by molar-refractivity contribution is 7.92. The number of hydrogen-bond donors (Lipinski definition) is 5. The van der Waals surface area contributed by atoms with Crippen LogP contribution in [0.2, 0.25) is 0 Å². The summed E-state index contributed by atoms with van der Waals surface area (Å²) in [4.78, 5) is 85.2. The van der Waals surface area contributed by atoms with Crippen molar-refractivity contribution in [3.63, 3.8) is 0 Å². The zero-order valence-electron chi connectivity index (χ0n) is 34.3. The van der Waals surface area contributed by atoms with Crippen LogP contribution in [0, 0.1) is 17.8 Å². The maximum Gasteiger partial charge on any atom is 0.306 e. The third kappa shape index (κ3) is 14.2. The zero-order valence-corrected chi connectivity index (χ0v) is 35.1. The van der Waals surface area contributed by atoms with E-state index in [2.05, 4.69) is 20.6 Å². The molecule has 5 atom stereocenters. The van der Waals surface area contributed by atoms with E-state index in [1.807, 2.05) is 0 Å². The summed E-state index contributed by atoms with van der Waals surface area (Å²) in [6.07, 6.45) is 2.72. The number of carbonyl (C=O) groups is 6. The van der Waals surface area contributed by atoms with Gasteiger partial charge in [-0.15, -0.1) is 0 Å². The highest BCUT2D eigenvalue weighted by Crippen LogP contribution is 2.32. The maximum atomic E-state index is 14.9. The number of carbonyl (C=O) groups excluding carboxylic acids is 4. The van der Waals surface area contributed by atoms with E-state index in [-0.39, 0.29) is 24.5 Å². The van der Waals surface area contributed by atoms with Crippen LogP contribution in [-0.2, 0) is 60.0 Å². The van der Waals surface area contributed by atoms with Crippen molar-refractivity contribution in [1.29, 1.82) is 0 Å². The number of aliphatic carboxylic acids is 2. The van der Waals surface area contributed by atoms with Crippen molar-refractivity contribution in [2.24, 2.45) is 17.8 Å². The standard InChI is InChI=1S/C41H60N4O12S/c1-26(2)36(56-34(50)19-17-32(46)47)37(57-35(51)20-18-33(48)49)30(22-28-15-11-8-12-16-28)44-39(53)41(6,31-23-42-25-43-31)45-38(52)29(21-27-13-9-7-10-14-27)24-58(54,55)40(3,4)5/h7,9-10,13-14,23,25-26,28-30,36-37H,8,11-12,15-22,24H2,1-6H3,(H,42,43)(H,44,53)(H,45,52)(H,46,47)(H,48,49)/t29-,30+,36+,37-,41+/m1/s1. The van der Waals surface area contributed by atoms with Crippen molar-refractivity contribution in [1.82, 2.24) is 20.6 Å². The number of sulfone groups is 1. The van der Waals surface area contributed by atoms with Crippen LogP contribution in [0.25, 0.3) is 0 Å². The van der Waals surface area contributed by atoms with Gasteiger partial charge in [-0.1, -0.05) is 76.3 Å². The predicted octanol–water partition coefficient (Wildman–Crippen LogP) is 4.48. The van der Waals surface area contributed by atoms with E-state index >= 15 is 0 Å². The smallest absolute Gasteiger partial charge is 0.306 e. The monoisotopic (exact) mass is 832 g/mol. The van der Waals surface area contributed by atoms with Crippen LogP contribution in [0.15, 0.2) is 42.9 Å². The van der Waals surface area contributed by atoms with Crippen LogP contribution in [-0.4, -0.2) is 93.0 Å². The molecule has 2 amide bonds. The molecule has 0 bridgehead atoms. The fourth-order valence-electron chi connectivity index (χ4n) is 6.93. The Hall–Kier alpha value is -4.80. The number of carboxylic acid groups (broad SMARTS) is 2. The van der Waals surface area contributed by atoms with Crippen molar-refractivity contribution in [3.05, 3.63) is 54.1 Å². The second-order valence-corrected chi connectivity index (χ2v) is 19.4. The number of carboxylic acids is 2. The molecule has 1 heterocycles. The van der Waals surface area contributed by atoms with Crippen LogP contribution < -0.4 is 10.6 Å². The van der Waals surface area contributed by atoms with Crippen LogP contribution in [0.1, 0.15) is 117 Å². The van der Waals surface area contributed by atoms with Gasteiger partial charge in [0.25, 0.3) is 5.91 Å². The third-order valence-corrected chi connectivity index (χ3v) is 13.2. The largest absolute Gasteiger partial charge is 0.481 e. The molecule has 1 aromatic heterocycles.